The zero-order valence-electron chi connectivity index (χ0n) is 16.5. The number of fused-ring (bicyclic) bond motifs is 1. The number of phenolic OH excluding ortho intramolecular Hbond substituents is 2. The molecule has 0 aliphatic carbocycles. The van der Waals surface area contributed by atoms with Crippen LogP contribution in [0.15, 0.2) is 12.1 Å². The summed E-state index contributed by atoms with van der Waals surface area (Å²) in [4.78, 5) is 7.93. The number of hydrogen-bond acceptors (Lipinski definition) is 10. The van der Waals surface area contributed by atoms with Crippen molar-refractivity contribution in [3.63, 3.8) is 0 Å². The van der Waals surface area contributed by atoms with E-state index >= 15 is 0 Å². The van der Waals surface area contributed by atoms with E-state index in [1.165, 1.54) is 21.3 Å². The molecule has 3 rings (SSSR count). The van der Waals surface area contributed by atoms with Gasteiger partial charge < -0.3 is 41.2 Å². The van der Waals surface area contributed by atoms with E-state index in [-0.39, 0.29) is 29.6 Å². The molecule has 0 saturated carbocycles. The minimum Gasteiger partial charge on any atom is -0.504 e. The van der Waals surface area contributed by atoms with Crippen LogP contribution in [0.3, 0.4) is 0 Å². The van der Waals surface area contributed by atoms with E-state index in [0.717, 1.165) is 0 Å². The van der Waals surface area contributed by atoms with Gasteiger partial charge in [-0.2, -0.15) is 4.98 Å². The first kappa shape index (κ1) is 19.9. The molecule has 3 aromatic rings. The van der Waals surface area contributed by atoms with Crippen molar-refractivity contribution in [2.75, 3.05) is 38.1 Å². The third kappa shape index (κ3) is 3.40. The highest BCUT2D eigenvalue weighted by atomic mass is 16.5. The van der Waals surface area contributed by atoms with E-state index in [1.807, 2.05) is 0 Å². The number of rotatable bonds is 6. The summed E-state index contributed by atoms with van der Waals surface area (Å²) in [5, 5.41) is 24.5. The fourth-order valence-corrected chi connectivity index (χ4v) is 3.21. The Morgan fingerprint density at radius 1 is 0.966 bits per heavy atom. The fraction of sp³-hybridized carbons (Fsp3) is 0.263. The van der Waals surface area contributed by atoms with Crippen molar-refractivity contribution in [2.45, 2.75) is 13.5 Å². The van der Waals surface area contributed by atoms with Gasteiger partial charge in [0.1, 0.15) is 11.3 Å². The Morgan fingerprint density at radius 2 is 1.59 bits per heavy atom. The van der Waals surface area contributed by atoms with Gasteiger partial charge in [0.2, 0.25) is 11.7 Å². The van der Waals surface area contributed by atoms with Crippen molar-refractivity contribution in [1.29, 1.82) is 0 Å². The average Bonchev–Trinajstić information content (AvgIpc) is 2.70. The van der Waals surface area contributed by atoms with Gasteiger partial charge in [-0.3, -0.25) is 0 Å². The van der Waals surface area contributed by atoms with Crippen molar-refractivity contribution >= 4 is 28.4 Å². The third-order valence-electron chi connectivity index (χ3n) is 4.65. The van der Waals surface area contributed by atoms with E-state index in [2.05, 4.69) is 15.3 Å². The molecule has 2 aromatic carbocycles. The number of anilines is 3. The molecule has 10 nitrogen and oxygen atoms in total. The zero-order valence-corrected chi connectivity index (χ0v) is 16.5. The first-order valence-electron chi connectivity index (χ1n) is 8.62. The summed E-state index contributed by atoms with van der Waals surface area (Å²) in [5.41, 5.74) is 13.4. The van der Waals surface area contributed by atoms with Crippen LogP contribution in [0.4, 0.5) is 17.5 Å². The highest BCUT2D eigenvalue weighted by Crippen LogP contribution is 2.43. The van der Waals surface area contributed by atoms with Crippen LogP contribution in [0.25, 0.3) is 10.9 Å². The van der Waals surface area contributed by atoms with E-state index in [9.17, 15) is 10.2 Å². The molecule has 0 radical (unpaired) electrons. The van der Waals surface area contributed by atoms with E-state index in [4.69, 9.17) is 25.7 Å². The lowest BCUT2D eigenvalue weighted by Gasteiger charge is -2.18. The lowest BCUT2D eigenvalue weighted by atomic mass is 10.0. The summed E-state index contributed by atoms with van der Waals surface area (Å²) in [7, 11) is 4.56. The van der Waals surface area contributed by atoms with Gasteiger partial charge in [0.05, 0.1) is 21.3 Å². The predicted octanol–water partition coefficient (Wildman–Crippen LogP) is 2.15. The van der Waals surface area contributed by atoms with Crippen LogP contribution >= 0.6 is 0 Å². The number of nitrogens with one attached hydrogen (secondary N) is 1. The van der Waals surface area contributed by atoms with Crippen molar-refractivity contribution < 1.29 is 24.4 Å². The summed E-state index contributed by atoms with van der Waals surface area (Å²) < 4.78 is 16.0. The van der Waals surface area contributed by atoms with Gasteiger partial charge in [-0.15, -0.1) is 0 Å². The quantitative estimate of drug-likeness (QED) is 0.387. The molecule has 0 fully saturated rings. The van der Waals surface area contributed by atoms with E-state index in [0.29, 0.717) is 39.4 Å². The number of phenols is 2. The summed E-state index contributed by atoms with van der Waals surface area (Å²) in [6.07, 6.45) is 0. The second kappa shape index (κ2) is 7.66. The molecule has 0 bridgehead atoms. The summed E-state index contributed by atoms with van der Waals surface area (Å²) in [5.74, 6) is 0.724. The number of aromatic hydroxyl groups is 2. The monoisotopic (exact) mass is 401 g/mol. The first-order valence-corrected chi connectivity index (χ1v) is 8.62. The van der Waals surface area contributed by atoms with Crippen molar-refractivity contribution in [3.05, 3.63) is 23.3 Å². The van der Waals surface area contributed by atoms with Crippen LogP contribution in [0.1, 0.15) is 11.1 Å². The van der Waals surface area contributed by atoms with Crippen molar-refractivity contribution in [1.82, 2.24) is 9.97 Å². The number of hydrogen-bond donors (Lipinski definition) is 5. The largest absolute Gasteiger partial charge is 0.504 e. The molecule has 1 heterocycles. The van der Waals surface area contributed by atoms with Gasteiger partial charge >= 0.3 is 0 Å². The Balaban J connectivity index is 2.04. The maximum absolute atomic E-state index is 10.5. The molecule has 0 aliphatic rings. The van der Waals surface area contributed by atoms with Crippen LogP contribution in [0.5, 0.6) is 28.7 Å². The smallest absolute Gasteiger partial charge is 0.222 e. The molecule has 0 unspecified atom stereocenters. The van der Waals surface area contributed by atoms with Gasteiger partial charge in [-0.05, 0) is 12.5 Å². The zero-order chi connectivity index (χ0) is 21.3. The second-order valence-electron chi connectivity index (χ2n) is 6.26. The number of methoxy groups -OCH3 is 3. The molecule has 29 heavy (non-hydrogen) atoms. The summed E-state index contributed by atoms with van der Waals surface area (Å²) >= 11 is 0. The van der Waals surface area contributed by atoms with Crippen LogP contribution < -0.4 is 31.0 Å². The minimum absolute atomic E-state index is 0.0904. The van der Waals surface area contributed by atoms with Crippen molar-refractivity contribution in [2.24, 2.45) is 0 Å². The molecule has 10 heteroatoms. The molecule has 0 saturated heterocycles. The number of nitrogens with zero attached hydrogens (tertiary/aromatic N) is 2. The van der Waals surface area contributed by atoms with Gasteiger partial charge in [0, 0.05) is 35.3 Å². The maximum Gasteiger partial charge on any atom is 0.222 e. The molecule has 1 aromatic heterocycles. The van der Waals surface area contributed by atoms with Crippen LogP contribution in [-0.2, 0) is 6.54 Å². The van der Waals surface area contributed by atoms with Gasteiger partial charge in [0.15, 0.2) is 23.0 Å². The Bertz CT molecular complexity index is 1060. The average molecular weight is 401 g/mol. The van der Waals surface area contributed by atoms with Gasteiger partial charge in [-0.1, -0.05) is 0 Å². The number of nitrogen functional groups attached to an aromatic ring is 2. The lowest BCUT2D eigenvalue weighted by Crippen LogP contribution is -2.07. The Hall–Kier alpha value is -3.82. The highest BCUT2D eigenvalue weighted by Gasteiger charge is 2.21. The van der Waals surface area contributed by atoms with E-state index in [1.54, 1.807) is 19.1 Å². The minimum atomic E-state index is -0.409. The van der Waals surface area contributed by atoms with Crippen LogP contribution in [-0.4, -0.2) is 41.5 Å². The lowest BCUT2D eigenvalue weighted by molar-refractivity contribution is 0.324. The second-order valence-corrected chi connectivity index (χ2v) is 6.26. The molecular formula is C19H23N5O5. The Labute approximate surface area is 167 Å². The fourth-order valence-electron chi connectivity index (χ4n) is 3.21. The van der Waals surface area contributed by atoms with Gasteiger partial charge in [-0.25, -0.2) is 4.98 Å². The van der Waals surface area contributed by atoms with Crippen LogP contribution in [0, 0.1) is 6.92 Å². The molecule has 0 aliphatic heterocycles. The summed E-state index contributed by atoms with van der Waals surface area (Å²) in [6.45, 7) is 1.92. The van der Waals surface area contributed by atoms with Crippen molar-refractivity contribution in [3.8, 4) is 28.7 Å². The number of nitrogens with two attached hydrogens (primary N) is 2. The Kier molecular flexibility index (Phi) is 5.26. The maximum atomic E-state index is 10.5. The number of ether oxygens (including phenoxy) is 3. The molecule has 0 atom stereocenters. The summed E-state index contributed by atoms with van der Waals surface area (Å²) in [6, 6.07) is 3.46. The molecule has 0 spiro atoms. The molecule has 154 valence electrons. The normalized spacial score (nSPS) is 10.8. The third-order valence-corrected chi connectivity index (χ3v) is 4.65. The highest BCUT2D eigenvalue weighted by molar-refractivity contribution is 5.98. The topological polar surface area (TPSA) is 158 Å². The number of aromatic nitrogens is 2. The molecule has 0 amide bonds. The SMILES string of the molecule is COc1cc(NCc2c(O)c(O)c3nc(N)nc(N)c3c2C)cc(OC)c1OC. The predicted molar refractivity (Wildman–Crippen MR) is 110 cm³/mol. The molecular weight excluding hydrogens is 378 g/mol. The molecule has 7 N–H and O–H groups in total. The number of benzene rings is 2. The van der Waals surface area contributed by atoms with E-state index < -0.39 is 5.75 Å². The van der Waals surface area contributed by atoms with Crippen LogP contribution in [0.2, 0.25) is 0 Å². The first-order chi connectivity index (χ1) is 13.8. The number of aryl methyl sites for hydroxylation is 1. The Morgan fingerprint density at radius 3 is 2.14 bits per heavy atom. The van der Waals surface area contributed by atoms with Gasteiger partial charge in [0.25, 0.3) is 0 Å². The standard InChI is InChI=1S/C19H23N5O5/c1-8-10(15(25)16(26)14-13(8)18(20)24-19(21)23-14)7-22-9-5-11(27-2)17(29-4)12(6-9)28-3/h5-6,22,25-26H,7H2,1-4H3,(H4,20,21,23,24).